The average Bonchev–Trinajstić information content (AvgIpc) is 2.27. The first-order valence-electron chi connectivity index (χ1n) is 5.03. The molecule has 0 saturated carbocycles. The molecule has 0 aromatic heterocycles. The molecule has 3 N–H and O–H groups in total. The number of carboxylic acids is 1. The van der Waals surface area contributed by atoms with Crippen LogP contribution in [0.5, 0.6) is 5.75 Å². The number of ether oxygens (including phenoxy) is 1. The van der Waals surface area contributed by atoms with Crippen LogP contribution in [0.1, 0.15) is 18.1 Å². The first kappa shape index (κ1) is 14.3. The minimum atomic E-state index is -3.07. The Morgan fingerprint density at radius 2 is 1.89 bits per heavy atom. The van der Waals surface area contributed by atoms with Crippen molar-refractivity contribution < 1.29 is 33.6 Å². The molecule has 1 aromatic carbocycles. The monoisotopic (exact) mass is 262 g/mol. The lowest BCUT2D eigenvalue weighted by molar-refractivity contribution is -0.141. The smallest absolute Gasteiger partial charge is 0.387 e. The number of aliphatic hydroxyl groups is 2. The third-order valence-electron chi connectivity index (χ3n) is 2.20. The molecule has 0 aliphatic heterocycles. The maximum Gasteiger partial charge on any atom is 0.387 e. The fourth-order valence-electron chi connectivity index (χ4n) is 1.43. The summed E-state index contributed by atoms with van der Waals surface area (Å²) in [5.74, 6) is -1.61. The zero-order valence-electron chi connectivity index (χ0n) is 9.16. The second-order valence-electron chi connectivity index (χ2n) is 3.53. The van der Waals surface area contributed by atoms with Gasteiger partial charge in [-0.1, -0.05) is 18.2 Å². The van der Waals surface area contributed by atoms with Crippen LogP contribution in [0.4, 0.5) is 8.78 Å². The molecule has 0 fully saturated rings. The molecule has 0 radical (unpaired) electrons. The van der Waals surface area contributed by atoms with E-state index < -0.39 is 31.2 Å². The zero-order valence-corrected chi connectivity index (χ0v) is 9.16. The number of halogens is 2. The Morgan fingerprint density at radius 1 is 1.28 bits per heavy atom. The van der Waals surface area contributed by atoms with Crippen molar-refractivity contribution >= 4 is 5.97 Å². The highest BCUT2D eigenvalue weighted by Gasteiger charge is 2.24. The van der Waals surface area contributed by atoms with E-state index in [2.05, 4.69) is 4.74 Å². The largest absolute Gasteiger partial charge is 0.481 e. The standard InChI is InChI=1S/C11H12F2O5/c12-11(13)18-8-4-2-1-3-6(8)10(17)7(14)5-9(15)16/h1-4,7,10-11,14,17H,5H2,(H,15,16). The molecular formula is C11H12F2O5. The number of aliphatic carboxylic acids is 1. The topological polar surface area (TPSA) is 87.0 Å². The Labute approximate surface area is 101 Å². The maximum atomic E-state index is 12.1. The summed E-state index contributed by atoms with van der Waals surface area (Å²) in [6.45, 7) is -3.07. The number of hydrogen-bond donors (Lipinski definition) is 3. The van der Waals surface area contributed by atoms with Crippen LogP contribution in [0.15, 0.2) is 24.3 Å². The van der Waals surface area contributed by atoms with Gasteiger partial charge < -0.3 is 20.1 Å². The van der Waals surface area contributed by atoms with Crippen molar-refractivity contribution in [2.24, 2.45) is 0 Å². The van der Waals surface area contributed by atoms with Crippen molar-refractivity contribution in [1.82, 2.24) is 0 Å². The first-order chi connectivity index (χ1) is 8.41. The zero-order chi connectivity index (χ0) is 13.7. The number of para-hydroxylation sites is 1. The highest BCUT2D eigenvalue weighted by molar-refractivity contribution is 5.67. The summed E-state index contributed by atoms with van der Waals surface area (Å²) in [6, 6.07) is 5.33. The van der Waals surface area contributed by atoms with Gasteiger partial charge in [0.15, 0.2) is 0 Å². The molecular weight excluding hydrogens is 250 g/mol. The van der Waals surface area contributed by atoms with Crippen LogP contribution in [0.25, 0.3) is 0 Å². The predicted octanol–water partition coefficient (Wildman–Crippen LogP) is 1.16. The average molecular weight is 262 g/mol. The summed E-state index contributed by atoms with van der Waals surface area (Å²) < 4.78 is 28.4. The summed E-state index contributed by atoms with van der Waals surface area (Å²) in [5, 5.41) is 27.6. The quantitative estimate of drug-likeness (QED) is 0.716. The number of alkyl halides is 2. The van der Waals surface area contributed by atoms with E-state index in [0.29, 0.717) is 0 Å². The minimum absolute atomic E-state index is 0.0912. The lowest BCUT2D eigenvalue weighted by Crippen LogP contribution is -2.22. The second-order valence-corrected chi connectivity index (χ2v) is 3.53. The second kappa shape index (κ2) is 6.27. The molecule has 5 nitrogen and oxygen atoms in total. The third-order valence-corrected chi connectivity index (χ3v) is 2.20. The van der Waals surface area contributed by atoms with Gasteiger partial charge in [0.1, 0.15) is 11.9 Å². The van der Waals surface area contributed by atoms with Gasteiger partial charge in [0.25, 0.3) is 0 Å². The van der Waals surface area contributed by atoms with E-state index in [0.717, 1.165) is 0 Å². The number of benzene rings is 1. The summed E-state index contributed by atoms with van der Waals surface area (Å²) in [6.07, 6.45) is -3.93. The van der Waals surface area contributed by atoms with Gasteiger partial charge in [0.2, 0.25) is 0 Å². The molecule has 0 saturated heterocycles. The normalized spacial score (nSPS) is 14.3. The fourth-order valence-corrected chi connectivity index (χ4v) is 1.43. The summed E-state index contributed by atoms with van der Waals surface area (Å²) >= 11 is 0. The van der Waals surface area contributed by atoms with Gasteiger partial charge in [-0.25, -0.2) is 0 Å². The lowest BCUT2D eigenvalue weighted by Gasteiger charge is -2.19. The number of carboxylic acid groups (broad SMARTS) is 1. The van der Waals surface area contributed by atoms with E-state index in [1.807, 2.05) is 0 Å². The van der Waals surface area contributed by atoms with Gasteiger partial charge in [-0.3, -0.25) is 4.79 Å². The van der Waals surface area contributed by atoms with Crippen LogP contribution < -0.4 is 4.74 Å². The molecule has 7 heteroatoms. The number of carbonyl (C=O) groups is 1. The highest BCUT2D eigenvalue weighted by Crippen LogP contribution is 2.29. The molecule has 1 aromatic rings. The number of aliphatic hydroxyl groups excluding tert-OH is 2. The molecule has 0 amide bonds. The van der Waals surface area contributed by atoms with Crippen molar-refractivity contribution in [3.05, 3.63) is 29.8 Å². The molecule has 2 unspecified atom stereocenters. The van der Waals surface area contributed by atoms with Crippen molar-refractivity contribution in [2.75, 3.05) is 0 Å². The van der Waals surface area contributed by atoms with E-state index in [1.165, 1.54) is 24.3 Å². The lowest BCUT2D eigenvalue weighted by atomic mass is 10.0. The number of hydrogen-bond acceptors (Lipinski definition) is 4. The molecule has 0 heterocycles. The SMILES string of the molecule is O=C(O)CC(O)C(O)c1ccccc1OC(F)F. The van der Waals surface area contributed by atoms with Crippen LogP contribution in [0.3, 0.4) is 0 Å². The van der Waals surface area contributed by atoms with Gasteiger partial charge in [0.05, 0.1) is 12.5 Å². The van der Waals surface area contributed by atoms with Crippen LogP contribution in [0.2, 0.25) is 0 Å². The Bertz CT molecular complexity index is 410. The van der Waals surface area contributed by atoms with Crippen molar-refractivity contribution in [3.63, 3.8) is 0 Å². The molecule has 0 aliphatic carbocycles. The van der Waals surface area contributed by atoms with Crippen LogP contribution >= 0.6 is 0 Å². The Morgan fingerprint density at radius 3 is 2.44 bits per heavy atom. The van der Waals surface area contributed by atoms with Crippen LogP contribution in [-0.2, 0) is 4.79 Å². The van der Waals surface area contributed by atoms with Gasteiger partial charge in [-0.15, -0.1) is 0 Å². The van der Waals surface area contributed by atoms with E-state index in [-0.39, 0.29) is 11.3 Å². The molecule has 0 spiro atoms. The molecule has 1 rings (SSSR count). The van der Waals surface area contributed by atoms with Crippen LogP contribution in [0, 0.1) is 0 Å². The Balaban J connectivity index is 2.90. The van der Waals surface area contributed by atoms with E-state index in [9.17, 15) is 23.8 Å². The van der Waals surface area contributed by atoms with Gasteiger partial charge in [-0.2, -0.15) is 8.78 Å². The van der Waals surface area contributed by atoms with Crippen molar-refractivity contribution in [3.8, 4) is 5.75 Å². The summed E-state index contributed by atoms with van der Waals surface area (Å²) in [4.78, 5) is 10.4. The highest BCUT2D eigenvalue weighted by atomic mass is 19.3. The van der Waals surface area contributed by atoms with Gasteiger partial charge in [-0.05, 0) is 6.07 Å². The molecule has 100 valence electrons. The summed E-state index contributed by atoms with van der Waals surface area (Å²) in [7, 11) is 0. The summed E-state index contributed by atoms with van der Waals surface area (Å²) in [5.41, 5.74) is -0.0912. The molecule has 0 bridgehead atoms. The molecule has 18 heavy (non-hydrogen) atoms. The molecule has 0 aliphatic rings. The van der Waals surface area contributed by atoms with Crippen molar-refractivity contribution in [2.45, 2.75) is 25.2 Å². The van der Waals surface area contributed by atoms with Crippen LogP contribution in [-0.4, -0.2) is 34.0 Å². The minimum Gasteiger partial charge on any atom is -0.481 e. The van der Waals surface area contributed by atoms with E-state index in [1.54, 1.807) is 0 Å². The Hall–Kier alpha value is -1.73. The predicted molar refractivity (Wildman–Crippen MR) is 56.3 cm³/mol. The fraction of sp³-hybridized carbons (Fsp3) is 0.364. The molecule has 2 atom stereocenters. The number of rotatable bonds is 6. The first-order valence-corrected chi connectivity index (χ1v) is 5.03. The third kappa shape index (κ3) is 3.94. The van der Waals surface area contributed by atoms with Crippen molar-refractivity contribution in [1.29, 1.82) is 0 Å². The van der Waals surface area contributed by atoms with Gasteiger partial charge in [0, 0.05) is 5.56 Å². The van der Waals surface area contributed by atoms with Gasteiger partial charge >= 0.3 is 12.6 Å². The van der Waals surface area contributed by atoms with E-state index >= 15 is 0 Å². The van der Waals surface area contributed by atoms with E-state index in [4.69, 9.17) is 5.11 Å². The Kier molecular flexibility index (Phi) is 4.99. The maximum absolute atomic E-state index is 12.1.